The van der Waals surface area contributed by atoms with Crippen molar-refractivity contribution in [3.05, 3.63) is 58.3 Å². The second-order valence-electron chi connectivity index (χ2n) is 5.97. The number of amides is 1. The van der Waals surface area contributed by atoms with E-state index in [1.165, 1.54) is 29.8 Å². The van der Waals surface area contributed by atoms with Crippen molar-refractivity contribution >= 4 is 39.6 Å². The molecule has 0 aliphatic rings. The summed E-state index contributed by atoms with van der Waals surface area (Å²) >= 11 is 2.83. The average Bonchev–Trinajstić information content (AvgIpc) is 3.30. The van der Waals surface area contributed by atoms with Crippen molar-refractivity contribution in [1.29, 1.82) is 0 Å². The van der Waals surface area contributed by atoms with Crippen LogP contribution in [-0.4, -0.2) is 25.1 Å². The van der Waals surface area contributed by atoms with E-state index in [0.717, 1.165) is 10.4 Å². The molecule has 0 radical (unpaired) electrons. The number of hydrogen-bond donors (Lipinski definition) is 1. The number of thiophene rings is 2. The fourth-order valence-corrected chi connectivity index (χ4v) is 4.27. The van der Waals surface area contributed by atoms with E-state index in [4.69, 9.17) is 9.47 Å². The third kappa shape index (κ3) is 4.37. The van der Waals surface area contributed by atoms with Crippen molar-refractivity contribution in [2.75, 3.05) is 12.4 Å². The lowest BCUT2D eigenvalue weighted by Gasteiger charge is -2.10. The molecule has 7 heteroatoms. The number of carbonyl (C=O) groups is 2. The molecule has 0 aliphatic heterocycles. The van der Waals surface area contributed by atoms with Gasteiger partial charge in [-0.2, -0.15) is 0 Å². The number of nitrogens with one attached hydrogen (secondary N) is 1. The predicted molar refractivity (Wildman–Crippen MR) is 109 cm³/mol. The minimum Gasteiger partial charge on any atom is -0.491 e. The molecule has 0 aliphatic carbocycles. The Bertz CT molecular complexity index is 928. The summed E-state index contributed by atoms with van der Waals surface area (Å²) in [7, 11) is 1.33. The standard InChI is InChI=1S/C20H19NO4S2/c1-12(2)25-14-8-6-13(7-9-14)18(22)21-19-17(20(23)24-3)15(11-27-19)16-5-4-10-26-16/h4-12H,1-3H3,(H,21,22). The Kier molecular flexibility index (Phi) is 5.93. The molecule has 0 saturated carbocycles. The second kappa shape index (κ2) is 8.37. The summed E-state index contributed by atoms with van der Waals surface area (Å²) in [5.41, 5.74) is 1.61. The molecule has 1 aromatic carbocycles. The molecule has 2 aromatic heterocycles. The number of rotatable bonds is 6. The van der Waals surface area contributed by atoms with Gasteiger partial charge in [-0.3, -0.25) is 4.79 Å². The normalized spacial score (nSPS) is 10.7. The molecule has 140 valence electrons. The lowest BCUT2D eigenvalue weighted by molar-refractivity contribution is 0.0603. The average molecular weight is 402 g/mol. The van der Waals surface area contributed by atoms with Crippen LogP contribution in [0.4, 0.5) is 5.00 Å². The van der Waals surface area contributed by atoms with E-state index in [0.29, 0.717) is 21.9 Å². The molecular formula is C20H19NO4S2. The molecule has 27 heavy (non-hydrogen) atoms. The Balaban J connectivity index is 1.84. The van der Waals surface area contributed by atoms with Crippen LogP contribution in [0, 0.1) is 0 Å². The van der Waals surface area contributed by atoms with Crippen molar-refractivity contribution in [2.45, 2.75) is 20.0 Å². The van der Waals surface area contributed by atoms with E-state index < -0.39 is 5.97 Å². The Morgan fingerprint density at radius 3 is 2.41 bits per heavy atom. The van der Waals surface area contributed by atoms with Gasteiger partial charge in [0.05, 0.1) is 13.2 Å². The molecule has 0 spiro atoms. The smallest absolute Gasteiger partial charge is 0.341 e. The zero-order valence-electron chi connectivity index (χ0n) is 15.1. The van der Waals surface area contributed by atoms with E-state index in [2.05, 4.69) is 5.32 Å². The summed E-state index contributed by atoms with van der Waals surface area (Å²) in [5.74, 6) is -0.0700. The molecule has 5 nitrogen and oxygen atoms in total. The molecule has 1 N–H and O–H groups in total. The van der Waals surface area contributed by atoms with Crippen LogP contribution in [0.15, 0.2) is 47.2 Å². The molecule has 3 rings (SSSR count). The van der Waals surface area contributed by atoms with Gasteiger partial charge in [-0.05, 0) is 49.6 Å². The number of anilines is 1. The van der Waals surface area contributed by atoms with Gasteiger partial charge < -0.3 is 14.8 Å². The third-order valence-electron chi connectivity index (χ3n) is 3.68. The van der Waals surface area contributed by atoms with E-state index in [9.17, 15) is 9.59 Å². The van der Waals surface area contributed by atoms with Crippen LogP contribution < -0.4 is 10.1 Å². The third-order valence-corrected chi connectivity index (χ3v) is 5.48. The van der Waals surface area contributed by atoms with Crippen molar-refractivity contribution in [1.82, 2.24) is 0 Å². The maximum atomic E-state index is 12.6. The van der Waals surface area contributed by atoms with Gasteiger partial charge in [0.25, 0.3) is 5.91 Å². The van der Waals surface area contributed by atoms with Crippen molar-refractivity contribution in [2.24, 2.45) is 0 Å². The summed E-state index contributed by atoms with van der Waals surface area (Å²) in [6, 6.07) is 10.7. The maximum Gasteiger partial charge on any atom is 0.341 e. The Morgan fingerprint density at radius 2 is 1.81 bits per heavy atom. The molecule has 1 amide bonds. The fourth-order valence-electron chi connectivity index (χ4n) is 2.50. The topological polar surface area (TPSA) is 64.6 Å². The second-order valence-corrected chi connectivity index (χ2v) is 7.79. The minimum atomic E-state index is -0.476. The summed E-state index contributed by atoms with van der Waals surface area (Å²) in [4.78, 5) is 25.9. The highest BCUT2D eigenvalue weighted by Crippen LogP contribution is 2.38. The van der Waals surface area contributed by atoms with Gasteiger partial charge in [0, 0.05) is 21.4 Å². The highest BCUT2D eigenvalue weighted by atomic mass is 32.1. The van der Waals surface area contributed by atoms with Gasteiger partial charge >= 0.3 is 5.97 Å². The maximum absolute atomic E-state index is 12.6. The van der Waals surface area contributed by atoms with Crippen molar-refractivity contribution < 1.29 is 19.1 Å². The number of carbonyl (C=O) groups excluding carboxylic acids is 2. The van der Waals surface area contributed by atoms with Gasteiger partial charge in [0.1, 0.15) is 16.3 Å². The van der Waals surface area contributed by atoms with E-state index in [1.807, 2.05) is 36.7 Å². The van der Waals surface area contributed by atoms with Gasteiger partial charge in [0.15, 0.2) is 0 Å². The lowest BCUT2D eigenvalue weighted by atomic mass is 10.1. The minimum absolute atomic E-state index is 0.0640. The van der Waals surface area contributed by atoms with E-state index in [1.54, 1.807) is 24.3 Å². The van der Waals surface area contributed by atoms with Gasteiger partial charge in [0.2, 0.25) is 0 Å². The molecule has 0 unspecified atom stereocenters. The monoisotopic (exact) mass is 401 g/mol. The summed E-state index contributed by atoms with van der Waals surface area (Å²) in [6.45, 7) is 3.88. The fraction of sp³-hybridized carbons (Fsp3) is 0.200. The first-order valence-electron chi connectivity index (χ1n) is 8.31. The number of methoxy groups -OCH3 is 1. The predicted octanol–water partition coefficient (Wildman–Crippen LogP) is 5.30. The van der Waals surface area contributed by atoms with Crippen LogP contribution >= 0.6 is 22.7 Å². The first-order valence-corrected chi connectivity index (χ1v) is 10.1. The van der Waals surface area contributed by atoms with Crippen molar-refractivity contribution in [3.63, 3.8) is 0 Å². The molecule has 0 bridgehead atoms. The van der Waals surface area contributed by atoms with Crippen LogP contribution in [0.2, 0.25) is 0 Å². The molecule has 0 saturated heterocycles. The zero-order chi connectivity index (χ0) is 19.4. The molecule has 2 heterocycles. The molecule has 3 aromatic rings. The highest BCUT2D eigenvalue weighted by molar-refractivity contribution is 7.17. The Morgan fingerprint density at radius 1 is 1.07 bits per heavy atom. The van der Waals surface area contributed by atoms with Crippen LogP contribution in [0.25, 0.3) is 10.4 Å². The van der Waals surface area contributed by atoms with E-state index in [-0.39, 0.29) is 12.0 Å². The summed E-state index contributed by atoms with van der Waals surface area (Å²) in [5, 5.41) is 7.09. The first-order chi connectivity index (χ1) is 13.0. The van der Waals surface area contributed by atoms with Crippen LogP contribution in [-0.2, 0) is 4.74 Å². The Labute approximate surface area is 165 Å². The quantitative estimate of drug-likeness (QED) is 0.569. The van der Waals surface area contributed by atoms with Gasteiger partial charge in [-0.15, -0.1) is 22.7 Å². The van der Waals surface area contributed by atoms with Crippen molar-refractivity contribution in [3.8, 4) is 16.2 Å². The zero-order valence-corrected chi connectivity index (χ0v) is 16.8. The Hall–Kier alpha value is -2.64. The molecule has 0 fully saturated rings. The highest BCUT2D eigenvalue weighted by Gasteiger charge is 2.23. The first kappa shape index (κ1) is 19.1. The van der Waals surface area contributed by atoms with Gasteiger partial charge in [-0.1, -0.05) is 6.07 Å². The van der Waals surface area contributed by atoms with Crippen LogP contribution in [0.1, 0.15) is 34.6 Å². The summed E-state index contributed by atoms with van der Waals surface area (Å²) < 4.78 is 10.5. The van der Waals surface area contributed by atoms with Crippen LogP contribution in [0.5, 0.6) is 5.75 Å². The van der Waals surface area contributed by atoms with E-state index >= 15 is 0 Å². The van der Waals surface area contributed by atoms with Gasteiger partial charge in [-0.25, -0.2) is 4.79 Å². The molecular weight excluding hydrogens is 382 g/mol. The summed E-state index contributed by atoms with van der Waals surface area (Å²) in [6.07, 6.45) is 0.0640. The number of hydrogen-bond acceptors (Lipinski definition) is 6. The lowest BCUT2D eigenvalue weighted by Crippen LogP contribution is -2.14. The number of ether oxygens (including phenoxy) is 2. The molecule has 0 atom stereocenters. The number of benzene rings is 1. The SMILES string of the molecule is COC(=O)c1c(-c2cccs2)csc1NC(=O)c1ccc(OC(C)C)cc1. The number of esters is 1. The van der Waals surface area contributed by atoms with Crippen LogP contribution in [0.3, 0.4) is 0 Å². The largest absolute Gasteiger partial charge is 0.491 e.